The Bertz CT molecular complexity index is 1130. The summed E-state index contributed by atoms with van der Waals surface area (Å²) in [5, 5.41) is 11.5. The van der Waals surface area contributed by atoms with Crippen LogP contribution in [0.3, 0.4) is 0 Å². The Hall–Kier alpha value is -3.79. The van der Waals surface area contributed by atoms with Crippen LogP contribution in [0.15, 0.2) is 48.5 Å². The van der Waals surface area contributed by atoms with Crippen molar-refractivity contribution in [1.82, 2.24) is 14.8 Å². The maximum absolute atomic E-state index is 12.9. The number of anilines is 2. The van der Waals surface area contributed by atoms with Crippen molar-refractivity contribution in [2.75, 3.05) is 49.7 Å². The number of hydrogen-bond donors (Lipinski definition) is 1. The van der Waals surface area contributed by atoms with Crippen LogP contribution in [-0.4, -0.2) is 66.3 Å². The summed E-state index contributed by atoms with van der Waals surface area (Å²) in [7, 11) is 0. The van der Waals surface area contributed by atoms with Gasteiger partial charge in [0, 0.05) is 24.8 Å². The van der Waals surface area contributed by atoms with Gasteiger partial charge in [-0.1, -0.05) is 35.4 Å². The first-order valence-electron chi connectivity index (χ1n) is 11.3. The highest BCUT2D eigenvalue weighted by Crippen LogP contribution is 2.32. The number of aromatic nitrogens is 3. The fourth-order valence-electron chi connectivity index (χ4n) is 3.85. The molecule has 1 saturated heterocycles. The van der Waals surface area contributed by atoms with Crippen molar-refractivity contribution in [2.45, 2.75) is 19.6 Å². The van der Waals surface area contributed by atoms with Crippen LogP contribution in [0.2, 0.25) is 0 Å². The lowest BCUT2D eigenvalue weighted by Crippen LogP contribution is -2.38. The maximum Gasteiger partial charge on any atom is 0.319 e. The molecule has 2 aliphatic heterocycles. The lowest BCUT2D eigenvalue weighted by molar-refractivity contribution is -0.122. The van der Waals surface area contributed by atoms with Crippen molar-refractivity contribution in [3.63, 3.8) is 0 Å². The molecule has 0 aliphatic carbocycles. The predicted molar refractivity (Wildman–Crippen MR) is 125 cm³/mol. The minimum Gasteiger partial charge on any atom is -0.486 e. The summed E-state index contributed by atoms with van der Waals surface area (Å²) in [6.45, 7) is 5.88. The molecule has 0 spiro atoms. The smallest absolute Gasteiger partial charge is 0.319 e. The number of nitrogens with one attached hydrogen (secondary N) is 1. The molecule has 178 valence electrons. The lowest BCUT2D eigenvalue weighted by Gasteiger charge is -2.28. The van der Waals surface area contributed by atoms with E-state index in [1.54, 1.807) is 25.1 Å². The zero-order valence-corrected chi connectivity index (χ0v) is 19.0. The largest absolute Gasteiger partial charge is 0.486 e. The standard InChI is InChI=1S/C24H27N5O5/c1-17(22(30)25-19-7-8-20-21(15-19)33-14-13-32-20)34-24-27-26-23(28-9-11-31-12-10-28)29(24)16-18-5-3-2-4-6-18/h2-8,15,17H,9-14,16H2,1H3,(H,25,30). The number of fused-ring (bicyclic) bond motifs is 1. The van der Waals surface area contributed by atoms with E-state index < -0.39 is 6.10 Å². The van der Waals surface area contributed by atoms with Gasteiger partial charge < -0.3 is 29.2 Å². The van der Waals surface area contributed by atoms with Crippen molar-refractivity contribution in [2.24, 2.45) is 0 Å². The Kier molecular flexibility index (Phi) is 6.48. The summed E-state index contributed by atoms with van der Waals surface area (Å²) in [6.07, 6.45) is -0.801. The number of benzene rings is 2. The van der Waals surface area contributed by atoms with E-state index in [2.05, 4.69) is 20.4 Å². The van der Waals surface area contributed by atoms with E-state index in [0.29, 0.717) is 69.2 Å². The molecule has 1 aromatic heterocycles. The van der Waals surface area contributed by atoms with Gasteiger partial charge >= 0.3 is 6.01 Å². The van der Waals surface area contributed by atoms with Crippen LogP contribution < -0.4 is 24.4 Å². The molecule has 1 N–H and O–H groups in total. The Balaban J connectivity index is 1.32. The molecule has 3 aromatic rings. The molecule has 1 amide bonds. The van der Waals surface area contributed by atoms with E-state index in [-0.39, 0.29) is 11.9 Å². The monoisotopic (exact) mass is 465 g/mol. The van der Waals surface area contributed by atoms with E-state index in [1.165, 1.54) is 0 Å². The third kappa shape index (κ3) is 4.91. The van der Waals surface area contributed by atoms with Crippen molar-refractivity contribution >= 4 is 17.5 Å². The van der Waals surface area contributed by atoms with Gasteiger partial charge in [0.05, 0.1) is 19.8 Å². The normalized spacial score (nSPS) is 16.1. The van der Waals surface area contributed by atoms with Gasteiger partial charge in [0.15, 0.2) is 17.6 Å². The molecule has 10 nitrogen and oxygen atoms in total. The molecule has 1 fully saturated rings. The van der Waals surface area contributed by atoms with Crippen molar-refractivity contribution in [1.29, 1.82) is 0 Å². The Morgan fingerprint density at radius 2 is 1.79 bits per heavy atom. The van der Waals surface area contributed by atoms with Gasteiger partial charge in [-0.25, -0.2) is 0 Å². The highest BCUT2D eigenvalue weighted by molar-refractivity contribution is 5.94. The number of hydrogen-bond acceptors (Lipinski definition) is 8. The second kappa shape index (κ2) is 10.0. The minimum absolute atomic E-state index is 0.287. The number of amides is 1. The van der Waals surface area contributed by atoms with Crippen LogP contribution in [0.4, 0.5) is 11.6 Å². The van der Waals surface area contributed by atoms with Crippen LogP contribution in [0, 0.1) is 0 Å². The molecule has 3 heterocycles. The minimum atomic E-state index is -0.801. The fourth-order valence-corrected chi connectivity index (χ4v) is 3.85. The van der Waals surface area contributed by atoms with Crippen molar-refractivity contribution < 1.29 is 23.7 Å². The predicted octanol–water partition coefficient (Wildman–Crippen LogP) is 2.34. The first-order valence-corrected chi connectivity index (χ1v) is 11.3. The topological polar surface area (TPSA) is 100.0 Å². The van der Waals surface area contributed by atoms with Crippen LogP contribution >= 0.6 is 0 Å². The number of nitrogens with zero attached hydrogens (tertiary/aromatic N) is 4. The highest BCUT2D eigenvalue weighted by atomic mass is 16.6. The van der Waals surface area contributed by atoms with E-state index in [4.69, 9.17) is 18.9 Å². The summed E-state index contributed by atoms with van der Waals surface area (Å²) in [4.78, 5) is 15.0. The number of rotatable bonds is 7. The van der Waals surface area contributed by atoms with E-state index in [1.807, 2.05) is 34.9 Å². The van der Waals surface area contributed by atoms with Crippen LogP contribution in [0.25, 0.3) is 0 Å². The van der Waals surface area contributed by atoms with Crippen molar-refractivity contribution in [3.05, 3.63) is 54.1 Å². The SMILES string of the molecule is CC(Oc1nnc(N2CCOCC2)n1Cc1ccccc1)C(=O)Nc1ccc2c(c1)OCCO2. The zero-order chi connectivity index (χ0) is 23.3. The van der Waals surface area contributed by atoms with Gasteiger partial charge in [0.25, 0.3) is 5.91 Å². The van der Waals surface area contributed by atoms with E-state index in [9.17, 15) is 4.79 Å². The number of carbonyl (C=O) groups is 1. The Morgan fingerprint density at radius 1 is 1.03 bits per heavy atom. The molecule has 2 aliphatic rings. The molecular weight excluding hydrogens is 438 g/mol. The second-order valence-corrected chi connectivity index (χ2v) is 8.06. The first kappa shape index (κ1) is 22.0. The number of morpholine rings is 1. The van der Waals surface area contributed by atoms with Gasteiger partial charge in [0.2, 0.25) is 5.95 Å². The molecule has 2 aromatic carbocycles. The first-order chi connectivity index (χ1) is 16.7. The maximum atomic E-state index is 12.9. The van der Waals surface area contributed by atoms with Gasteiger partial charge in [-0.05, 0) is 24.6 Å². The van der Waals surface area contributed by atoms with Crippen molar-refractivity contribution in [3.8, 4) is 17.5 Å². The van der Waals surface area contributed by atoms with E-state index in [0.717, 1.165) is 5.56 Å². The van der Waals surface area contributed by atoms with Crippen LogP contribution in [0.1, 0.15) is 12.5 Å². The number of carbonyl (C=O) groups excluding carboxylic acids is 1. The van der Waals surface area contributed by atoms with E-state index >= 15 is 0 Å². The van der Waals surface area contributed by atoms with Crippen LogP contribution in [-0.2, 0) is 16.1 Å². The van der Waals surface area contributed by atoms with Gasteiger partial charge in [0.1, 0.15) is 13.2 Å². The zero-order valence-electron chi connectivity index (χ0n) is 19.0. The summed E-state index contributed by atoms with van der Waals surface area (Å²) in [5.74, 6) is 1.66. The molecule has 34 heavy (non-hydrogen) atoms. The fraction of sp³-hybridized carbons (Fsp3) is 0.375. The summed E-state index contributed by atoms with van der Waals surface area (Å²) in [5.41, 5.74) is 1.68. The van der Waals surface area contributed by atoms with Crippen LogP contribution in [0.5, 0.6) is 17.5 Å². The molecule has 5 rings (SSSR count). The second-order valence-electron chi connectivity index (χ2n) is 8.06. The summed E-state index contributed by atoms with van der Waals surface area (Å²) in [6, 6.07) is 15.6. The number of ether oxygens (including phenoxy) is 4. The lowest BCUT2D eigenvalue weighted by atomic mass is 10.2. The molecule has 0 radical (unpaired) electrons. The summed E-state index contributed by atoms with van der Waals surface area (Å²) >= 11 is 0. The Labute approximate surface area is 197 Å². The van der Waals surface area contributed by atoms with Gasteiger partial charge in [-0.3, -0.25) is 9.36 Å². The third-order valence-electron chi connectivity index (χ3n) is 5.64. The third-order valence-corrected chi connectivity index (χ3v) is 5.64. The Morgan fingerprint density at radius 3 is 2.59 bits per heavy atom. The van der Waals surface area contributed by atoms with Gasteiger partial charge in [-0.2, -0.15) is 0 Å². The molecule has 0 bridgehead atoms. The molecular formula is C24H27N5O5. The molecule has 0 saturated carbocycles. The van der Waals surface area contributed by atoms with Gasteiger partial charge in [-0.15, -0.1) is 5.10 Å². The summed E-state index contributed by atoms with van der Waals surface area (Å²) < 4.78 is 24.5. The molecule has 10 heteroatoms. The average molecular weight is 466 g/mol. The highest BCUT2D eigenvalue weighted by Gasteiger charge is 2.25. The average Bonchev–Trinajstić information content (AvgIpc) is 3.26. The molecule has 1 atom stereocenters. The quantitative estimate of drug-likeness (QED) is 0.568. The molecule has 1 unspecified atom stereocenters.